The number of carbonyl (C=O) groups excluding carboxylic acids is 1. The minimum atomic E-state index is -0.438. The van der Waals surface area contributed by atoms with E-state index >= 15 is 0 Å². The summed E-state index contributed by atoms with van der Waals surface area (Å²) in [5.74, 6) is -0.438. The monoisotopic (exact) mass is 416 g/mol. The molecule has 2 aromatic carbocycles. The highest BCUT2D eigenvalue weighted by molar-refractivity contribution is 14.1. The molecule has 2 rings (SSSR count). The van der Waals surface area contributed by atoms with Crippen molar-refractivity contribution < 1.29 is 9.53 Å². The molecule has 0 amide bonds. The van der Waals surface area contributed by atoms with Gasteiger partial charge in [0.15, 0.2) is 0 Å². The number of halogens is 2. The Hall–Kier alpha value is -1.47. The molecular weight excluding hydrogens is 403 g/mol. The molecule has 0 spiro atoms. The quantitative estimate of drug-likeness (QED) is 0.439. The summed E-state index contributed by atoms with van der Waals surface area (Å²) < 4.78 is 6.03. The summed E-state index contributed by atoms with van der Waals surface area (Å²) in [5.41, 5.74) is 8.01. The Morgan fingerprint density at radius 2 is 2.10 bits per heavy atom. The number of hydrogen-bond acceptors (Lipinski definition) is 4. The number of ether oxygens (including phenoxy) is 1. The summed E-state index contributed by atoms with van der Waals surface area (Å²) in [4.78, 5) is 11.8. The summed E-state index contributed by atoms with van der Waals surface area (Å²) >= 11 is 8.37. The molecule has 0 unspecified atom stereocenters. The van der Waals surface area contributed by atoms with E-state index in [2.05, 4.69) is 27.9 Å². The average Bonchev–Trinajstić information content (AvgIpc) is 2.44. The van der Waals surface area contributed by atoms with Gasteiger partial charge in [-0.3, -0.25) is 0 Å². The highest BCUT2D eigenvalue weighted by atomic mass is 127. The largest absolute Gasteiger partial charge is 0.462 e. The van der Waals surface area contributed by atoms with Crippen molar-refractivity contribution in [1.82, 2.24) is 0 Å². The Balaban J connectivity index is 2.28. The van der Waals surface area contributed by atoms with Crippen LogP contribution in [0.5, 0.6) is 0 Å². The van der Waals surface area contributed by atoms with E-state index in [-0.39, 0.29) is 0 Å². The molecule has 0 aliphatic heterocycles. The number of benzene rings is 2. The lowest BCUT2D eigenvalue weighted by molar-refractivity contribution is 0.0527. The van der Waals surface area contributed by atoms with Crippen molar-refractivity contribution in [2.45, 2.75) is 6.92 Å². The third-order valence-corrected chi connectivity index (χ3v) is 3.74. The third kappa shape index (κ3) is 4.01. The smallest absolute Gasteiger partial charge is 0.340 e. The molecule has 0 fully saturated rings. The first-order valence-corrected chi connectivity index (χ1v) is 7.75. The van der Waals surface area contributed by atoms with Gasteiger partial charge in [-0.1, -0.05) is 11.6 Å². The van der Waals surface area contributed by atoms with Gasteiger partial charge >= 0.3 is 5.97 Å². The number of anilines is 3. The van der Waals surface area contributed by atoms with E-state index in [1.165, 1.54) is 0 Å². The van der Waals surface area contributed by atoms with E-state index in [0.717, 1.165) is 14.9 Å². The summed E-state index contributed by atoms with van der Waals surface area (Å²) in [6, 6.07) is 10.8. The maximum Gasteiger partial charge on any atom is 0.340 e. The molecule has 0 heterocycles. The molecule has 110 valence electrons. The van der Waals surface area contributed by atoms with E-state index < -0.39 is 5.97 Å². The Kier molecular flexibility index (Phi) is 5.30. The Morgan fingerprint density at radius 1 is 1.33 bits per heavy atom. The van der Waals surface area contributed by atoms with Gasteiger partial charge in [0, 0.05) is 14.9 Å². The van der Waals surface area contributed by atoms with E-state index in [1.54, 1.807) is 25.1 Å². The van der Waals surface area contributed by atoms with Gasteiger partial charge in [-0.15, -0.1) is 0 Å². The van der Waals surface area contributed by atoms with E-state index in [1.807, 2.05) is 18.2 Å². The maximum atomic E-state index is 11.8. The first-order valence-electron chi connectivity index (χ1n) is 6.30. The second-order valence-corrected chi connectivity index (χ2v) is 5.92. The SMILES string of the molecule is CCOC(=O)c1cc(Nc2ccc(I)cc2Cl)ccc1N. The molecule has 2 aromatic rings. The van der Waals surface area contributed by atoms with Crippen molar-refractivity contribution in [2.24, 2.45) is 0 Å². The van der Waals surface area contributed by atoms with Crippen LogP contribution in [0.15, 0.2) is 36.4 Å². The normalized spacial score (nSPS) is 10.2. The van der Waals surface area contributed by atoms with Crippen LogP contribution in [-0.4, -0.2) is 12.6 Å². The van der Waals surface area contributed by atoms with Crippen LogP contribution in [0, 0.1) is 3.57 Å². The molecule has 6 heteroatoms. The second kappa shape index (κ2) is 7.00. The van der Waals surface area contributed by atoms with E-state index in [9.17, 15) is 4.79 Å². The van der Waals surface area contributed by atoms with Gasteiger partial charge in [-0.05, 0) is 65.9 Å². The standard InChI is InChI=1S/C15H14ClIN2O2/c1-2-21-15(20)11-8-10(4-5-13(11)18)19-14-6-3-9(17)7-12(14)16/h3-8,19H,2,18H2,1H3. The highest BCUT2D eigenvalue weighted by Gasteiger charge is 2.12. The lowest BCUT2D eigenvalue weighted by atomic mass is 10.1. The minimum absolute atomic E-state index is 0.304. The van der Waals surface area contributed by atoms with Gasteiger partial charge in [0.1, 0.15) is 0 Å². The van der Waals surface area contributed by atoms with Gasteiger partial charge in [0.25, 0.3) is 0 Å². The van der Waals surface area contributed by atoms with Crippen molar-refractivity contribution in [3.05, 3.63) is 50.6 Å². The number of nitrogens with one attached hydrogen (secondary N) is 1. The van der Waals surface area contributed by atoms with E-state index in [0.29, 0.717) is 22.9 Å². The summed E-state index contributed by atoms with van der Waals surface area (Å²) in [6.45, 7) is 2.06. The van der Waals surface area contributed by atoms with Crippen LogP contribution in [0.25, 0.3) is 0 Å². The van der Waals surface area contributed by atoms with Crippen molar-refractivity contribution in [1.29, 1.82) is 0 Å². The molecule has 0 bridgehead atoms. The van der Waals surface area contributed by atoms with Crippen LogP contribution in [0.3, 0.4) is 0 Å². The molecular formula is C15H14ClIN2O2. The Labute approximate surface area is 141 Å². The molecule has 0 aliphatic carbocycles. The van der Waals surface area contributed by atoms with Crippen LogP contribution >= 0.6 is 34.2 Å². The third-order valence-electron chi connectivity index (χ3n) is 2.76. The van der Waals surface area contributed by atoms with Crippen LogP contribution < -0.4 is 11.1 Å². The number of nitrogens with two attached hydrogens (primary N) is 1. The fraction of sp³-hybridized carbons (Fsp3) is 0.133. The van der Waals surface area contributed by atoms with Crippen LogP contribution in [-0.2, 0) is 4.74 Å². The predicted molar refractivity (Wildman–Crippen MR) is 94.3 cm³/mol. The zero-order valence-electron chi connectivity index (χ0n) is 11.3. The fourth-order valence-electron chi connectivity index (χ4n) is 1.77. The number of nitrogen functional groups attached to an aromatic ring is 1. The summed E-state index contributed by atoms with van der Waals surface area (Å²) in [5, 5.41) is 3.77. The topological polar surface area (TPSA) is 64.3 Å². The van der Waals surface area contributed by atoms with Gasteiger partial charge in [-0.2, -0.15) is 0 Å². The highest BCUT2D eigenvalue weighted by Crippen LogP contribution is 2.28. The second-order valence-electron chi connectivity index (χ2n) is 4.27. The van der Waals surface area contributed by atoms with Gasteiger partial charge in [-0.25, -0.2) is 4.79 Å². The molecule has 0 saturated carbocycles. The first kappa shape index (κ1) is 15.9. The van der Waals surface area contributed by atoms with Gasteiger partial charge in [0.2, 0.25) is 0 Å². The summed E-state index contributed by atoms with van der Waals surface area (Å²) in [7, 11) is 0. The van der Waals surface area contributed by atoms with Crippen LogP contribution in [0.4, 0.5) is 17.1 Å². The molecule has 0 aliphatic rings. The first-order chi connectivity index (χ1) is 10.0. The predicted octanol–water partition coefficient (Wildman–Crippen LogP) is 4.45. The van der Waals surface area contributed by atoms with Crippen molar-refractivity contribution in [3.63, 3.8) is 0 Å². The molecule has 0 atom stereocenters. The number of carbonyl (C=O) groups is 1. The maximum absolute atomic E-state index is 11.8. The molecule has 0 aromatic heterocycles. The summed E-state index contributed by atoms with van der Waals surface area (Å²) in [6.07, 6.45) is 0. The van der Waals surface area contributed by atoms with Crippen LogP contribution in [0.1, 0.15) is 17.3 Å². The number of rotatable bonds is 4. The van der Waals surface area contributed by atoms with Crippen molar-refractivity contribution >= 4 is 57.2 Å². The lowest BCUT2D eigenvalue weighted by Gasteiger charge is -2.11. The van der Waals surface area contributed by atoms with Gasteiger partial charge in [0.05, 0.1) is 22.9 Å². The number of esters is 1. The lowest BCUT2D eigenvalue weighted by Crippen LogP contribution is -2.08. The molecule has 0 radical (unpaired) electrons. The molecule has 3 N–H and O–H groups in total. The zero-order valence-corrected chi connectivity index (χ0v) is 14.2. The number of hydrogen-bond donors (Lipinski definition) is 2. The van der Waals surface area contributed by atoms with E-state index in [4.69, 9.17) is 22.1 Å². The molecule has 4 nitrogen and oxygen atoms in total. The molecule has 0 saturated heterocycles. The van der Waals surface area contributed by atoms with Gasteiger partial charge < -0.3 is 15.8 Å². The van der Waals surface area contributed by atoms with Crippen LogP contribution in [0.2, 0.25) is 5.02 Å². The average molecular weight is 417 g/mol. The minimum Gasteiger partial charge on any atom is -0.462 e. The zero-order chi connectivity index (χ0) is 15.4. The Bertz CT molecular complexity index is 677. The molecule has 21 heavy (non-hydrogen) atoms. The van der Waals surface area contributed by atoms with Crippen molar-refractivity contribution in [3.8, 4) is 0 Å². The van der Waals surface area contributed by atoms with Crippen molar-refractivity contribution in [2.75, 3.05) is 17.7 Å². The Morgan fingerprint density at radius 3 is 2.76 bits per heavy atom. The fourth-order valence-corrected chi connectivity index (χ4v) is 2.67.